The van der Waals surface area contributed by atoms with Crippen LogP contribution in [0.2, 0.25) is 0 Å². The van der Waals surface area contributed by atoms with Crippen LogP contribution in [0.3, 0.4) is 0 Å². The fourth-order valence-electron chi connectivity index (χ4n) is 2.54. The highest BCUT2D eigenvalue weighted by Crippen LogP contribution is 2.34. The number of benzene rings is 1. The molecule has 0 spiro atoms. The molecule has 0 saturated heterocycles. The van der Waals surface area contributed by atoms with Crippen molar-refractivity contribution < 1.29 is 4.52 Å². The van der Waals surface area contributed by atoms with Gasteiger partial charge < -0.3 is 10.3 Å². The average molecular weight is 214 g/mol. The topological polar surface area (TPSA) is 52.0 Å². The first-order chi connectivity index (χ1) is 7.75. The van der Waals surface area contributed by atoms with Gasteiger partial charge in [0, 0.05) is 11.6 Å². The molecule has 0 fully saturated rings. The van der Waals surface area contributed by atoms with Gasteiger partial charge in [-0.15, -0.1) is 0 Å². The van der Waals surface area contributed by atoms with Crippen molar-refractivity contribution in [1.82, 2.24) is 5.16 Å². The summed E-state index contributed by atoms with van der Waals surface area (Å²) < 4.78 is 4.94. The van der Waals surface area contributed by atoms with Crippen molar-refractivity contribution in [2.45, 2.75) is 26.2 Å². The monoisotopic (exact) mass is 214 g/mol. The van der Waals surface area contributed by atoms with Crippen molar-refractivity contribution in [2.24, 2.45) is 0 Å². The Bertz CT molecular complexity index is 543. The normalized spacial score (nSPS) is 14.1. The third kappa shape index (κ3) is 1.32. The maximum absolute atomic E-state index is 5.56. The predicted octanol–water partition coefficient (Wildman–Crippen LogP) is 2.72. The highest BCUT2D eigenvalue weighted by atomic mass is 16.5. The van der Waals surface area contributed by atoms with Gasteiger partial charge in [-0.1, -0.05) is 17.3 Å². The van der Waals surface area contributed by atoms with Crippen molar-refractivity contribution in [3.05, 3.63) is 34.9 Å². The smallest absolute Gasteiger partial charge is 0.222 e. The van der Waals surface area contributed by atoms with Gasteiger partial charge in [-0.25, -0.2) is 0 Å². The summed E-state index contributed by atoms with van der Waals surface area (Å²) in [6.45, 7) is 2.17. The summed E-state index contributed by atoms with van der Waals surface area (Å²) in [4.78, 5) is 0. The van der Waals surface area contributed by atoms with Crippen molar-refractivity contribution in [3.8, 4) is 11.3 Å². The van der Waals surface area contributed by atoms with E-state index in [-0.39, 0.29) is 0 Å². The molecule has 3 heteroatoms. The lowest BCUT2D eigenvalue weighted by molar-refractivity contribution is 0.439. The van der Waals surface area contributed by atoms with Crippen LogP contribution >= 0.6 is 0 Å². The van der Waals surface area contributed by atoms with E-state index in [0.29, 0.717) is 5.88 Å². The van der Waals surface area contributed by atoms with Gasteiger partial charge in [0.15, 0.2) is 0 Å². The molecule has 2 N–H and O–H groups in total. The van der Waals surface area contributed by atoms with Crippen LogP contribution in [0.1, 0.15) is 23.1 Å². The van der Waals surface area contributed by atoms with Crippen LogP contribution in [0.15, 0.2) is 22.7 Å². The third-order valence-corrected chi connectivity index (χ3v) is 3.32. The van der Waals surface area contributed by atoms with Crippen LogP contribution in [0.4, 0.5) is 5.88 Å². The molecule has 0 atom stereocenters. The molecule has 1 aromatic carbocycles. The molecular formula is C13H14N2O. The van der Waals surface area contributed by atoms with Crippen LogP contribution in [-0.4, -0.2) is 5.16 Å². The standard InChI is InChI=1S/C13H14N2O/c1-8-5-6-11(10-4-2-3-9(8)10)12-7-13(14)16-15-12/h5-7H,2-4,14H2,1H3. The lowest BCUT2D eigenvalue weighted by Gasteiger charge is -2.08. The van der Waals surface area contributed by atoms with Gasteiger partial charge in [0.1, 0.15) is 5.69 Å². The Balaban J connectivity index is 2.19. The molecule has 1 aromatic heterocycles. The molecular weight excluding hydrogens is 200 g/mol. The number of anilines is 1. The number of aromatic nitrogens is 1. The van der Waals surface area contributed by atoms with Crippen LogP contribution in [0, 0.1) is 6.92 Å². The zero-order chi connectivity index (χ0) is 11.1. The van der Waals surface area contributed by atoms with Gasteiger partial charge in [-0.3, -0.25) is 0 Å². The Kier molecular flexibility index (Phi) is 1.99. The van der Waals surface area contributed by atoms with Gasteiger partial charge in [0.2, 0.25) is 5.88 Å². The van der Waals surface area contributed by atoms with Gasteiger partial charge >= 0.3 is 0 Å². The minimum Gasteiger partial charge on any atom is -0.368 e. The van der Waals surface area contributed by atoms with Gasteiger partial charge in [0.05, 0.1) is 0 Å². The van der Waals surface area contributed by atoms with E-state index in [1.165, 1.54) is 35.1 Å². The van der Waals surface area contributed by atoms with Gasteiger partial charge in [-0.05, 0) is 42.9 Å². The Morgan fingerprint density at radius 3 is 2.81 bits per heavy atom. The molecule has 0 amide bonds. The molecule has 1 aliphatic rings. The summed E-state index contributed by atoms with van der Waals surface area (Å²) in [5, 5.41) is 3.99. The lowest BCUT2D eigenvalue weighted by Crippen LogP contribution is -1.91. The minimum atomic E-state index is 0.377. The SMILES string of the molecule is Cc1ccc(-c2cc(N)on2)c2c1CCC2. The molecule has 0 radical (unpaired) electrons. The number of hydrogen-bond acceptors (Lipinski definition) is 3. The molecule has 1 heterocycles. The van der Waals surface area contributed by atoms with Crippen LogP contribution in [-0.2, 0) is 12.8 Å². The Morgan fingerprint density at radius 1 is 1.25 bits per heavy atom. The Hall–Kier alpha value is -1.77. The highest BCUT2D eigenvalue weighted by Gasteiger charge is 2.19. The molecule has 82 valence electrons. The third-order valence-electron chi connectivity index (χ3n) is 3.32. The number of aryl methyl sites for hydroxylation is 1. The van der Waals surface area contributed by atoms with E-state index >= 15 is 0 Å². The van der Waals surface area contributed by atoms with Crippen molar-refractivity contribution >= 4 is 5.88 Å². The van der Waals surface area contributed by atoms with Gasteiger partial charge in [0.25, 0.3) is 0 Å². The van der Waals surface area contributed by atoms with Gasteiger partial charge in [-0.2, -0.15) is 0 Å². The maximum Gasteiger partial charge on any atom is 0.222 e. The zero-order valence-electron chi connectivity index (χ0n) is 9.29. The largest absolute Gasteiger partial charge is 0.368 e. The first kappa shape index (κ1) is 9.46. The maximum atomic E-state index is 5.56. The number of fused-ring (bicyclic) bond motifs is 1. The number of nitrogens with zero attached hydrogens (tertiary/aromatic N) is 1. The summed E-state index contributed by atoms with van der Waals surface area (Å²) in [5.74, 6) is 0.377. The van der Waals surface area contributed by atoms with Crippen molar-refractivity contribution in [3.63, 3.8) is 0 Å². The zero-order valence-corrected chi connectivity index (χ0v) is 9.29. The summed E-state index contributed by atoms with van der Waals surface area (Å²) in [6, 6.07) is 6.07. The number of hydrogen-bond donors (Lipinski definition) is 1. The molecule has 0 saturated carbocycles. The Morgan fingerprint density at radius 2 is 2.06 bits per heavy atom. The van der Waals surface area contributed by atoms with Crippen molar-refractivity contribution in [2.75, 3.05) is 5.73 Å². The van der Waals surface area contributed by atoms with Crippen LogP contribution in [0.25, 0.3) is 11.3 Å². The molecule has 2 aromatic rings. The quantitative estimate of drug-likeness (QED) is 0.794. The molecule has 0 aliphatic heterocycles. The second-order valence-electron chi connectivity index (χ2n) is 4.36. The fraction of sp³-hybridized carbons (Fsp3) is 0.308. The molecule has 3 rings (SSSR count). The lowest BCUT2D eigenvalue weighted by atomic mass is 9.97. The average Bonchev–Trinajstić information content (AvgIpc) is 2.87. The number of nitrogen functional groups attached to an aromatic ring is 1. The summed E-state index contributed by atoms with van der Waals surface area (Å²) >= 11 is 0. The fourth-order valence-corrected chi connectivity index (χ4v) is 2.54. The number of rotatable bonds is 1. The van der Waals surface area contributed by atoms with E-state index in [1.807, 2.05) is 0 Å². The minimum absolute atomic E-state index is 0.377. The molecule has 0 bridgehead atoms. The first-order valence-corrected chi connectivity index (χ1v) is 5.59. The Labute approximate surface area is 94.2 Å². The summed E-state index contributed by atoms with van der Waals surface area (Å²) in [7, 11) is 0. The molecule has 16 heavy (non-hydrogen) atoms. The van der Waals surface area contributed by atoms with Crippen LogP contribution < -0.4 is 5.73 Å². The van der Waals surface area contributed by atoms with E-state index in [0.717, 1.165) is 12.1 Å². The van der Waals surface area contributed by atoms with E-state index in [9.17, 15) is 0 Å². The first-order valence-electron chi connectivity index (χ1n) is 5.59. The van der Waals surface area contributed by atoms with E-state index in [1.54, 1.807) is 6.07 Å². The number of nitrogens with two attached hydrogens (primary N) is 1. The second kappa shape index (κ2) is 3.37. The predicted molar refractivity (Wildman–Crippen MR) is 63.1 cm³/mol. The molecule has 0 unspecified atom stereocenters. The molecule has 1 aliphatic carbocycles. The highest BCUT2D eigenvalue weighted by molar-refractivity contribution is 5.68. The second-order valence-corrected chi connectivity index (χ2v) is 4.36. The van der Waals surface area contributed by atoms with Crippen LogP contribution in [0.5, 0.6) is 0 Å². The van der Waals surface area contributed by atoms with Crippen molar-refractivity contribution in [1.29, 1.82) is 0 Å². The molecule has 3 nitrogen and oxygen atoms in total. The van der Waals surface area contributed by atoms with E-state index < -0.39 is 0 Å². The van der Waals surface area contributed by atoms with E-state index in [4.69, 9.17) is 10.3 Å². The summed E-state index contributed by atoms with van der Waals surface area (Å²) in [5.41, 5.74) is 11.9. The van der Waals surface area contributed by atoms with E-state index in [2.05, 4.69) is 24.2 Å². The summed E-state index contributed by atoms with van der Waals surface area (Å²) in [6.07, 6.45) is 3.56.